The van der Waals surface area contributed by atoms with Crippen molar-refractivity contribution >= 4 is 0 Å². The van der Waals surface area contributed by atoms with Gasteiger partial charge in [-0.05, 0) is 5.56 Å². The van der Waals surface area contributed by atoms with Gasteiger partial charge in [0, 0.05) is 0 Å². The highest BCUT2D eigenvalue weighted by atomic mass is 17.0. The number of hydrogen-bond acceptors (Lipinski definition) is 4. The Bertz CT molecular complexity index is 331. The molecular weight excluding hydrogens is 172 g/mol. The number of nitrogens with zero attached hydrogens (tertiary/aromatic N) is 2. The molecule has 0 aliphatic carbocycles. The van der Waals surface area contributed by atoms with Gasteiger partial charge in [-0.2, -0.15) is 5.26 Å². The van der Waals surface area contributed by atoms with E-state index in [2.05, 4.69) is 4.84 Å². The van der Waals surface area contributed by atoms with E-state index in [1.54, 1.807) is 36.4 Å². The molecule has 5 nitrogen and oxygen atoms in total. The molecule has 0 N–H and O–H groups in total. The van der Waals surface area contributed by atoms with Crippen LogP contribution in [0.25, 0.3) is 0 Å². The Morgan fingerprint density at radius 2 is 2.08 bits per heavy atom. The molecule has 0 bridgehead atoms. The topological polar surface area (TPSA) is 76.2 Å². The molecule has 0 spiro atoms. The lowest BCUT2D eigenvalue weighted by Crippen LogP contribution is -2.07. The summed E-state index contributed by atoms with van der Waals surface area (Å²) in [7, 11) is 0. The Morgan fingerprint density at radius 1 is 1.46 bits per heavy atom. The van der Waals surface area contributed by atoms with Crippen LogP contribution in [0.1, 0.15) is 11.7 Å². The molecule has 0 aliphatic heterocycles. The summed E-state index contributed by atoms with van der Waals surface area (Å²) in [6.07, 6.45) is -1.14. The Kier molecular flexibility index (Phi) is 2.82. The standard InChI is InChI=1S/C8H6N2O3/c9-6-8(13-10(11)12)7-4-2-1-3-5-7/h1-5,8H/t8-/m0/s1. The molecule has 0 unspecified atom stereocenters. The second kappa shape index (κ2) is 4.07. The normalized spacial score (nSPS) is 11.3. The monoisotopic (exact) mass is 178 g/mol. The van der Waals surface area contributed by atoms with Crippen molar-refractivity contribution in [3.8, 4) is 6.07 Å². The van der Waals surface area contributed by atoms with E-state index in [-0.39, 0.29) is 0 Å². The summed E-state index contributed by atoms with van der Waals surface area (Å²) >= 11 is 0. The molecule has 0 amide bonds. The minimum absolute atomic E-state index is 0.474. The summed E-state index contributed by atoms with van der Waals surface area (Å²) in [6, 6.07) is 10.00. The van der Waals surface area contributed by atoms with E-state index >= 15 is 0 Å². The first-order chi connectivity index (χ1) is 6.24. The highest BCUT2D eigenvalue weighted by molar-refractivity contribution is 5.21. The number of benzene rings is 1. The Labute approximate surface area is 74.3 Å². The van der Waals surface area contributed by atoms with Gasteiger partial charge in [0.2, 0.25) is 6.10 Å². The average molecular weight is 178 g/mol. The number of hydrogen-bond donors (Lipinski definition) is 0. The van der Waals surface area contributed by atoms with Crippen molar-refractivity contribution in [1.82, 2.24) is 0 Å². The van der Waals surface area contributed by atoms with Gasteiger partial charge in [-0.1, -0.05) is 30.3 Å². The summed E-state index contributed by atoms with van der Waals surface area (Å²) < 4.78 is 0. The summed E-state index contributed by atoms with van der Waals surface area (Å²) in [4.78, 5) is 14.1. The first kappa shape index (κ1) is 9.00. The van der Waals surface area contributed by atoms with E-state index in [1.165, 1.54) is 0 Å². The summed E-state index contributed by atoms with van der Waals surface area (Å²) in [5, 5.41) is 17.6. The van der Waals surface area contributed by atoms with Crippen molar-refractivity contribution in [2.24, 2.45) is 0 Å². The lowest BCUT2D eigenvalue weighted by molar-refractivity contribution is -0.767. The smallest absolute Gasteiger partial charge is 0.290 e. The molecule has 1 aromatic rings. The van der Waals surface area contributed by atoms with Gasteiger partial charge in [0.1, 0.15) is 0 Å². The van der Waals surface area contributed by atoms with E-state index in [4.69, 9.17) is 5.26 Å². The minimum atomic E-state index is -1.14. The van der Waals surface area contributed by atoms with Gasteiger partial charge >= 0.3 is 0 Å². The van der Waals surface area contributed by atoms with Gasteiger partial charge in [0.25, 0.3) is 5.09 Å². The van der Waals surface area contributed by atoms with Crippen LogP contribution in [0.4, 0.5) is 0 Å². The fourth-order valence-electron chi connectivity index (χ4n) is 0.873. The molecule has 1 rings (SSSR count). The van der Waals surface area contributed by atoms with Crippen molar-refractivity contribution in [1.29, 1.82) is 5.26 Å². The van der Waals surface area contributed by atoms with Crippen molar-refractivity contribution < 1.29 is 9.92 Å². The predicted octanol–water partition coefficient (Wildman–Crippen LogP) is 1.46. The Morgan fingerprint density at radius 3 is 2.54 bits per heavy atom. The summed E-state index contributed by atoms with van der Waals surface area (Å²) in [5.74, 6) is 0. The highest BCUT2D eigenvalue weighted by Gasteiger charge is 2.13. The fourth-order valence-corrected chi connectivity index (χ4v) is 0.873. The van der Waals surface area contributed by atoms with Gasteiger partial charge in [0.05, 0.1) is 6.07 Å². The van der Waals surface area contributed by atoms with Gasteiger partial charge < -0.3 is 0 Å². The second-order valence-electron chi connectivity index (χ2n) is 2.25. The molecule has 5 heteroatoms. The molecule has 0 aromatic heterocycles. The molecule has 13 heavy (non-hydrogen) atoms. The Hall–Kier alpha value is -2.09. The van der Waals surface area contributed by atoms with Gasteiger partial charge in [0.15, 0.2) is 0 Å². The minimum Gasteiger partial charge on any atom is -0.290 e. The van der Waals surface area contributed by atoms with Crippen LogP contribution in [0.2, 0.25) is 0 Å². The average Bonchev–Trinajstić information content (AvgIpc) is 2.15. The van der Waals surface area contributed by atoms with Crippen molar-refractivity contribution in [3.63, 3.8) is 0 Å². The molecular formula is C8H6N2O3. The number of rotatable bonds is 3. The lowest BCUT2D eigenvalue weighted by Gasteiger charge is -2.05. The van der Waals surface area contributed by atoms with Crippen LogP contribution in [0, 0.1) is 21.4 Å². The van der Waals surface area contributed by atoms with Crippen LogP contribution in [-0.2, 0) is 4.84 Å². The maximum Gasteiger partial charge on any atom is 0.296 e. The van der Waals surface area contributed by atoms with Crippen LogP contribution in [-0.4, -0.2) is 5.09 Å². The molecule has 0 radical (unpaired) electrons. The first-order valence-corrected chi connectivity index (χ1v) is 3.50. The van der Waals surface area contributed by atoms with E-state index < -0.39 is 11.2 Å². The number of nitriles is 1. The third kappa shape index (κ3) is 2.45. The van der Waals surface area contributed by atoms with E-state index in [1.807, 2.05) is 0 Å². The van der Waals surface area contributed by atoms with Crippen molar-refractivity contribution in [3.05, 3.63) is 46.0 Å². The van der Waals surface area contributed by atoms with E-state index in [0.717, 1.165) is 0 Å². The molecule has 66 valence electrons. The largest absolute Gasteiger partial charge is 0.296 e. The maximum atomic E-state index is 9.97. The molecule has 1 aromatic carbocycles. The predicted molar refractivity (Wildman–Crippen MR) is 42.9 cm³/mol. The molecule has 0 saturated heterocycles. The SMILES string of the molecule is N#C[C@H](O[N+](=O)[O-])c1ccccc1. The van der Waals surface area contributed by atoms with Crippen LogP contribution < -0.4 is 0 Å². The van der Waals surface area contributed by atoms with Crippen LogP contribution >= 0.6 is 0 Å². The van der Waals surface area contributed by atoms with Crippen molar-refractivity contribution in [2.75, 3.05) is 0 Å². The Balaban J connectivity index is 2.80. The zero-order chi connectivity index (χ0) is 9.68. The third-order valence-electron chi connectivity index (χ3n) is 1.41. The second-order valence-corrected chi connectivity index (χ2v) is 2.25. The van der Waals surface area contributed by atoms with Crippen molar-refractivity contribution in [2.45, 2.75) is 6.10 Å². The summed E-state index contributed by atoms with van der Waals surface area (Å²) in [6.45, 7) is 0. The molecule has 1 atom stereocenters. The zero-order valence-corrected chi connectivity index (χ0v) is 6.58. The first-order valence-electron chi connectivity index (χ1n) is 3.50. The van der Waals surface area contributed by atoms with Crippen LogP contribution in [0.5, 0.6) is 0 Å². The molecule has 0 saturated carbocycles. The van der Waals surface area contributed by atoms with Gasteiger partial charge in [-0.25, -0.2) is 0 Å². The molecule has 0 fully saturated rings. The maximum absolute atomic E-state index is 9.97. The van der Waals surface area contributed by atoms with Gasteiger partial charge in [-0.3, -0.25) is 4.84 Å². The van der Waals surface area contributed by atoms with Crippen LogP contribution in [0.3, 0.4) is 0 Å². The fraction of sp³-hybridized carbons (Fsp3) is 0.125. The quantitative estimate of drug-likeness (QED) is 0.518. The van der Waals surface area contributed by atoms with E-state index in [9.17, 15) is 10.1 Å². The van der Waals surface area contributed by atoms with Crippen LogP contribution in [0.15, 0.2) is 30.3 Å². The zero-order valence-electron chi connectivity index (χ0n) is 6.58. The molecule has 0 aliphatic rings. The van der Waals surface area contributed by atoms with E-state index in [0.29, 0.717) is 5.56 Å². The highest BCUT2D eigenvalue weighted by Crippen LogP contribution is 2.15. The summed E-state index contributed by atoms with van der Waals surface area (Å²) in [5.41, 5.74) is 0.474. The van der Waals surface area contributed by atoms with Gasteiger partial charge in [-0.15, -0.1) is 10.1 Å². The third-order valence-corrected chi connectivity index (χ3v) is 1.41. The molecule has 0 heterocycles. The lowest BCUT2D eigenvalue weighted by atomic mass is 10.1.